The zero-order valence-corrected chi connectivity index (χ0v) is 25.2. The van der Waals surface area contributed by atoms with Gasteiger partial charge in [-0.3, -0.25) is 9.59 Å². The van der Waals surface area contributed by atoms with E-state index in [4.69, 9.17) is 4.74 Å². The average Bonchev–Trinajstić information content (AvgIpc) is 3.74. The number of hydrogen-bond acceptors (Lipinski definition) is 5. The number of nitrogens with zero attached hydrogens (tertiary/aromatic N) is 2. The summed E-state index contributed by atoms with van der Waals surface area (Å²) in [5.41, 5.74) is -4.55. The van der Waals surface area contributed by atoms with Crippen LogP contribution in [-0.4, -0.2) is 58.2 Å². The lowest BCUT2D eigenvalue weighted by atomic mass is 9.85. The lowest BCUT2D eigenvalue weighted by Gasteiger charge is -2.30. The molecule has 2 amide bonds. The van der Waals surface area contributed by atoms with Crippen LogP contribution in [-0.2, 0) is 23.9 Å². The predicted molar refractivity (Wildman–Crippen MR) is 148 cm³/mol. The molecule has 1 aromatic carbocycles. The van der Waals surface area contributed by atoms with Crippen LogP contribution in [0.15, 0.2) is 24.3 Å². The van der Waals surface area contributed by atoms with Crippen LogP contribution in [0.25, 0.3) is 11.2 Å². The van der Waals surface area contributed by atoms with Crippen molar-refractivity contribution in [2.75, 3.05) is 6.61 Å². The van der Waals surface area contributed by atoms with Crippen LogP contribution in [0.2, 0.25) is 0 Å². The molecule has 0 radical (unpaired) electrons. The smallest absolute Gasteiger partial charge is 0.416 e. The van der Waals surface area contributed by atoms with Gasteiger partial charge in [0.25, 0.3) is 12.3 Å². The maximum atomic E-state index is 13.9. The third-order valence-corrected chi connectivity index (χ3v) is 8.62. The highest BCUT2D eigenvalue weighted by molar-refractivity contribution is 5.99. The number of carbonyl (C=O) groups is 2. The molecule has 19 heteroatoms. The number of aromatic nitrogens is 3. The van der Waals surface area contributed by atoms with Gasteiger partial charge in [0.1, 0.15) is 16.8 Å². The summed E-state index contributed by atoms with van der Waals surface area (Å²) < 4.78 is 152. The van der Waals surface area contributed by atoms with Crippen LogP contribution >= 0.6 is 0 Å². The molecular weight excluding hydrogens is 687 g/mol. The van der Waals surface area contributed by atoms with Gasteiger partial charge in [0.15, 0.2) is 12.3 Å². The highest BCUT2D eigenvalue weighted by Crippen LogP contribution is 2.57. The van der Waals surface area contributed by atoms with Crippen LogP contribution in [0, 0.1) is 11.3 Å². The summed E-state index contributed by atoms with van der Waals surface area (Å²) in [7, 11) is 0. The number of fused-ring (bicyclic) bond motifs is 1. The number of nitrogens with one attached hydrogen (secondary N) is 3. The molecular formula is C30H28F11N5O3. The van der Waals surface area contributed by atoms with Crippen molar-refractivity contribution in [1.29, 1.82) is 0 Å². The van der Waals surface area contributed by atoms with E-state index in [1.165, 1.54) is 0 Å². The van der Waals surface area contributed by atoms with Gasteiger partial charge in [-0.1, -0.05) is 12.1 Å². The van der Waals surface area contributed by atoms with Gasteiger partial charge in [0, 0.05) is 19.0 Å². The first-order valence-electron chi connectivity index (χ1n) is 15.0. The molecule has 0 saturated heterocycles. The Balaban J connectivity index is 1.38. The number of hydrogen-bond donors (Lipinski definition) is 3. The number of aromatic amines is 1. The van der Waals surface area contributed by atoms with Gasteiger partial charge < -0.3 is 20.4 Å². The molecule has 2 aliphatic rings. The van der Waals surface area contributed by atoms with Crippen molar-refractivity contribution >= 4 is 23.0 Å². The maximum Gasteiger partial charge on any atom is 0.416 e. The number of pyridine rings is 1. The van der Waals surface area contributed by atoms with E-state index in [-0.39, 0.29) is 59.4 Å². The van der Waals surface area contributed by atoms with Crippen molar-refractivity contribution < 1.29 is 62.6 Å². The number of halogens is 11. The molecule has 0 bridgehead atoms. The quantitative estimate of drug-likeness (QED) is 0.196. The van der Waals surface area contributed by atoms with Gasteiger partial charge in [0.05, 0.1) is 17.0 Å². The molecule has 2 saturated carbocycles. The van der Waals surface area contributed by atoms with Crippen LogP contribution in [0.3, 0.4) is 0 Å². The van der Waals surface area contributed by atoms with Crippen LogP contribution < -0.4 is 15.4 Å². The fourth-order valence-corrected chi connectivity index (χ4v) is 5.78. The van der Waals surface area contributed by atoms with E-state index in [2.05, 4.69) is 25.6 Å². The monoisotopic (exact) mass is 715 g/mol. The molecule has 2 heterocycles. The highest BCUT2D eigenvalue weighted by Gasteiger charge is 2.68. The molecule has 268 valence electrons. The summed E-state index contributed by atoms with van der Waals surface area (Å²) >= 11 is 0. The summed E-state index contributed by atoms with van der Waals surface area (Å²) in [6, 6.07) is 3.20. The number of imidazole rings is 1. The second kappa shape index (κ2) is 13.3. The SMILES string of the molecule is O=C(NC1CCC(C(F)(F)F)CC1)c1cc2[nH]c(Cc3cc(CNC(=O)C4(C(F)(F)F)CC4)ccc3C(F)(F)F)nc2nc1OCC(F)F. The fourth-order valence-electron chi connectivity index (χ4n) is 5.78. The second-order valence-corrected chi connectivity index (χ2v) is 12.1. The number of benzene rings is 1. The zero-order valence-electron chi connectivity index (χ0n) is 25.2. The van der Waals surface area contributed by atoms with Gasteiger partial charge in [-0.25, -0.2) is 13.8 Å². The first-order valence-corrected chi connectivity index (χ1v) is 15.0. The van der Waals surface area contributed by atoms with Crippen molar-refractivity contribution in [1.82, 2.24) is 25.6 Å². The number of alkyl halides is 11. The Morgan fingerprint density at radius 3 is 2.20 bits per heavy atom. The van der Waals surface area contributed by atoms with Gasteiger partial charge >= 0.3 is 18.5 Å². The lowest BCUT2D eigenvalue weighted by Crippen LogP contribution is -2.40. The molecule has 3 N–H and O–H groups in total. The number of amides is 2. The molecule has 8 nitrogen and oxygen atoms in total. The normalized spacial score (nSPS) is 19.6. The molecule has 0 aliphatic heterocycles. The van der Waals surface area contributed by atoms with Gasteiger partial charge in [0.2, 0.25) is 11.8 Å². The van der Waals surface area contributed by atoms with Crippen molar-refractivity contribution in [2.24, 2.45) is 11.3 Å². The molecule has 2 aliphatic carbocycles. The molecule has 0 atom stereocenters. The number of H-pyrrole nitrogens is 1. The highest BCUT2D eigenvalue weighted by atomic mass is 19.4. The standard InChI is InChI=1S/C30H28F11N5O3/c31-21(32)13-49-25-18(24(47)43-17-4-2-16(3-5-17)28(33,34)35)11-20-23(46-25)45-22(44-20)10-15-9-14(1-6-19(15)29(36,37)38)12-42-26(48)27(7-8-27)30(39,40)41/h1,6,9,11,16-17,21H,2-5,7-8,10,12-13H2,(H,42,48)(H,43,47)(H,44,45,46). The fraction of sp³-hybridized carbons (Fsp3) is 0.533. The Hall–Kier alpha value is -4.19. The molecule has 2 aromatic heterocycles. The Morgan fingerprint density at radius 2 is 1.63 bits per heavy atom. The van der Waals surface area contributed by atoms with E-state index >= 15 is 0 Å². The molecule has 49 heavy (non-hydrogen) atoms. The molecule has 3 aromatic rings. The van der Waals surface area contributed by atoms with Gasteiger partial charge in [-0.15, -0.1) is 0 Å². The zero-order chi connectivity index (χ0) is 35.9. The molecule has 0 unspecified atom stereocenters. The van der Waals surface area contributed by atoms with Crippen molar-refractivity contribution in [3.63, 3.8) is 0 Å². The van der Waals surface area contributed by atoms with E-state index in [0.717, 1.165) is 18.2 Å². The average molecular weight is 716 g/mol. The van der Waals surface area contributed by atoms with Crippen LogP contribution in [0.5, 0.6) is 5.88 Å². The predicted octanol–water partition coefficient (Wildman–Crippen LogP) is 7.02. The number of ether oxygens (including phenoxy) is 1. The van der Waals surface area contributed by atoms with E-state index in [0.29, 0.717) is 6.07 Å². The first kappa shape index (κ1) is 36.1. The van der Waals surface area contributed by atoms with E-state index in [1.807, 2.05) is 0 Å². The summed E-state index contributed by atoms with van der Waals surface area (Å²) in [4.78, 5) is 36.2. The molecule has 5 rings (SSSR count). The Kier molecular flexibility index (Phi) is 9.77. The van der Waals surface area contributed by atoms with E-state index in [9.17, 15) is 57.9 Å². The minimum atomic E-state index is -4.86. The summed E-state index contributed by atoms with van der Waals surface area (Å²) in [5, 5.41) is 4.68. The largest absolute Gasteiger partial charge is 0.471 e. The summed E-state index contributed by atoms with van der Waals surface area (Å²) in [6.45, 7) is -1.68. The van der Waals surface area contributed by atoms with Crippen molar-refractivity contribution in [2.45, 2.75) is 82.5 Å². The summed E-state index contributed by atoms with van der Waals surface area (Å²) in [5.74, 6) is -4.42. The number of carbonyl (C=O) groups excluding carboxylic acids is 2. The summed E-state index contributed by atoms with van der Waals surface area (Å²) in [6.07, 6.45) is -18.8. The Labute approximate surface area is 270 Å². The van der Waals surface area contributed by atoms with Crippen molar-refractivity contribution in [3.05, 3.63) is 52.3 Å². The second-order valence-electron chi connectivity index (χ2n) is 12.1. The van der Waals surface area contributed by atoms with Crippen molar-refractivity contribution in [3.8, 4) is 5.88 Å². The molecule has 2 fully saturated rings. The lowest BCUT2D eigenvalue weighted by molar-refractivity contribution is -0.192. The van der Waals surface area contributed by atoms with Gasteiger partial charge in [-0.05, 0) is 61.8 Å². The van der Waals surface area contributed by atoms with Crippen LogP contribution in [0.4, 0.5) is 48.3 Å². The third kappa shape index (κ3) is 8.17. The van der Waals surface area contributed by atoms with E-state index < -0.39 is 98.0 Å². The Morgan fingerprint density at radius 1 is 0.959 bits per heavy atom. The topological polar surface area (TPSA) is 109 Å². The molecule has 0 spiro atoms. The van der Waals surface area contributed by atoms with Gasteiger partial charge in [-0.2, -0.15) is 44.5 Å². The number of rotatable bonds is 10. The van der Waals surface area contributed by atoms with Crippen LogP contribution in [0.1, 0.15) is 71.4 Å². The third-order valence-electron chi connectivity index (χ3n) is 8.62. The Bertz CT molecular complexity index is 1690. The minimum absolute atomic E-state index is 0.000500. The minimum Gasteiger partial charge on any atom is -0.471 e. The van der Waals surface area contributed by atoms with E-state index in [1.54, 1.807) is 0 Å². The first-order chi connectivity index (χ1) is 22.8. The maximum absolute atomic E-state index is 13.9.